The quantitative estimate of drug-likeness (QED) is 0.417. The molecule has 1 unspecified atom stereocenters. The van der Waals surface area contributed by atoms with E-state index in [1.807, 2.05) is 0 Å². The Balaban J connectivity index is 2.85. The highest BCUT2D eigenvalue weighted by Crippen LogP contribution is 2.14. The van der Waals surface area contributed by atoms with E-state index in [0.717, 1.165) is 0 Å². The molecule has 0 fully saturated rings. The van der Waals surface area contributed by atoms with Crippen LogP contribution in [0.5, 0.6) is 0 Å². The Morgan fingerprint density at radius 1 is 2.00 bits per heavy atom. The van der Waals surface area contributed by atoms with Crippen molar-refractivity contribution in [3.05, 3.63) is 0 Å². The largest absolute Gasteiger partial charge is 0.346 e. The van der Waals surface area contributed by atoms with E-state index >= 15 is 0 Å². The zero-order valence-electron chi connectivity index (χ0n) is 2.94. The zero-order valence-corrected chi connectivity index (χ0v) is 5.42. The van der Waals surface area contributed by atoms with Crippen molar-refractivity contribution in [2.75, 3.05) is 11.7 Å². The summed E-state index contributed by atoms with van der Waals surface area (Å²) in [5, 5.41) is 0.627. The van der Waals surface area contributed by atoms with Gasteiger partial charge in [-0.3, -0.25) is 0 Å². The number of rotatable bonds is 1. The number of halogens is 1. The number of alkyl halides is 1. The Morgan fingerprint density at radius 3 is 2.20 bits per heavy atom. The topological polar surface area (TPSA) is 17.1 Å². The van der Waals surface area contributed by atoms with Crippen LogP contribution in [0.4, 0.5) is 0 Å². The summed E-state index contributed by atoms with van der Waals surface area (Å²) in [7, 11) is -0.932. The number of hydrogen-bond acceptors (Lipinski definition) is 1. The van der Waals surface area contributed by atoms with Crippen LogP contribution >= 0.6 is 23.7 Å². The van der Waals surface area contributed by atoms with Gasteiger partial charge in [-0.2, -0.15) is 0 Å². The molecule has 0 spiro atoms. The van der Waals surface area contributed by atoms with Gasteiger partial charge in [0.25, 0.3) is 0 Å². The summed E-state index contributed by atoms with van der Waals surface area (Å²) in [5.74, 6) is 0. The molecule has 0 rings (SSSR count). The molecule has 3 heteroatoms. The van der Waals surface area contributed by atoms with E-state index in [0.29, 0.717) is 5.07 Å². The lowest BCUT2D eigenvalue weighted by Gasteiger charge is -1.53. The SMILES string of the molecule is C[P+](=O)CBr. The third-order valence-corrected chi connectivity index (χ3v) is 2.62. The lowest BCUT2D eigenvalue weighted by atomic mass is 11.9. The summed E-state index contributed by atoms with van der Waals surface area (Å²) >= 11 is 3.03. The monoisotopic (exact) mass is 155 g/mol. The van der Waals surface area contributed by atoms with E-state index in [-0.39, 0.29) is 0 Å². The first-order chi connectivity index (χ1) is 2.27. The van der Waals surface area contributed by atoms with Crippen molar-refractivity contribution in [3.8, 4) is 0 Å². The Kier molecular flexibility index (Phi) is 3.12. The Labute approximate surface area is 40.7 Å². The highest BCUT2D eigenvalue weighted by atomic mass is 79.9. The predicted octanol–water partition coefficient (Wildman–Crippen LogP) is 1.80. The van der Waals surface area contributed by atoms with Crippen molar-refractivity contribution in [3.63, 3.8) is 0 Å². The lowest BCUT2D eigenvalue weighted by Crippen LogP contribution is -1.48. The molecule has 30 valence electrons. The van der Waals surface area contributed by atoms with Gasteiger partial charge in [0.2, 0.25) is 0 Å². The molecule has 0 aliphatic carbocycles. The summed E-state index contributed by atoms with van der Waals surface area (Å²) in [6.07, 6.45) is 0. The third kappa shape index (κ3) is 4.58. The summed E-state index contributed by atoms with van der Waals surface area (Å²) in [6.45, 7) is 1.68. The Hall–Kier alpha value is 0.580. The molecule has 5 heavy (non-hydrogen) atoms. The van der Waals surface area contributed by atoms with Gasteiger partial charge < -0.3 is 0 Å². The lowest BCUT2D eigenvalue weighted by molar-refractivity contribution is 0.594. The van der Waals surface area contributed by atoms with Gasteiger partial charge in [0, 0.05) is 0 Å². The van der Waals surface area contributed by atoms with Crippen molar-refractivity contribution in [2.24, 2.45) is 0 Å². The molecule has 0 aromatic rings. The van der Waals surface area contributed by atoms with Crippen molar-refractivity contribution < 1.29 is 4.57 Å². The van der Waals surface area contributed by atoms with Crippen LogP contribution in [0.1, 0.15) is 0 Å². The fraction of sp³-hybridized carbons (Fsp3) is 1.00. The summed E-state index contributed by atoms with van der Waals surface area (Å²) in [4.78, 5) is 0. The van der Waals surface area contributed by atoms with Crippen molar-refractivity contribution in [1.29, 1.82) is 0 Å². The second-order valence-electron chi connectivity index (χ2n) is 0.747. The summed E-state index contributed by atoms with van der Waals surface area (Å²) < 4.78 is 9.91. The van der Waals surface area contributed by atoms with E-state index in [2.05, 4.69) is 15.9 Å². The highest BCUT2D eigenvalue weighted by molar-refractivity contribution is 9.10. The first kappa shape index (κ1) is 5.58. The molecular formula is C2H5BrOP+. The van der Waals surface area contributed by atoms with E-state index in [4.69, 9.17) is 0 Å². The predicted molar refractivity (Wildman–Crippen MR) is 27.3 cm³/mol. The first-order valence-corrected chi connectivity index (χ1v) is 4.23. The van der Waals surface area contributed by atoms with Gasteiger partial charge in [0.15, 0.2) is 5.07 Å². The van der Waals surface area contributed by atoms with Crippen LogP contribution in [0.3, 0.4) is 0 Å². The fourth-order valence-electron chi connectivity index (χ4n) is 0. The Morgan fingerprint density at radius 2 is 2.20 bits per heavy atom. The molecule has 0 N–H and O–H groups in total. The average Bonchev–Trinajstić information content (AvgIpc) is 1.38. The molecule has 0 saturated heterocycles. The second kappa shape index (κ2) is 2.80. The van der Waals surface area contributed by atoms with E-state index < -0.39 is 7.80 Å². The van der Waals surface area contributed by atoms with Crippen LogP contribution in [0.25, 0.3) is 0 Å². The molecule has 0 aromatic carbocycles. The molecule has 0 radical (unpaired) electrons. The third-order valence-electron chi connectivity index (χ3n) is 0.168. The van der Waals surface area contributed by atoms with Gasteiger partial charge in [-0.1, -0.05) is 4.57 Å². The molecular weight excluding hydrogens is 151 g/mol. The molecule has 0 amide bonds. The van der Waals surface area contributed by atoms with Gasteiger partial charge in [-0.25, -0.2) is 0 Å². The van der Waals surface area contributed by atoms with Crippen molar-refractivity contribution >= 4 is 23.7 Å². The van der Waals surface area contributed by atoms with Crippen molar-refractivity contribution in [2.45, 2.75) is 0 Å². The van der Waals surface area contributed by atoms with Gasteiger partial charge in [-0.15, -0.1) is 0 Å². The van der Waals surface area contributed by atoms with Crippen LogP contribution in [0.15, 0.2) is 0 Å². The van der Waals surface area contributed by atoms with Crippen LogP contribution < -0.4 is 0 Å². The van der Waals surface area contributed by atoms with Crippen molar-refractivity contribution in [1.82, 2.24) is 0 Å². The molecule has 0 heterocycles. The molecule has 1 atom stereocenters. The zero-order chi connectivity index (χ0) is 4.28. The summed E-state index contributed by atoms with van der Waals surface area (Å²) in [6, 6.07) is 0. The molecule has 0 aliphatic rings. The van der Waals surface area contributed by atoms with Gasteiger partial charge >= 0.3 is 7.80 Å². The minimum atomic E-state index is -0.932. The van der Waals surface area contributed by atoms with E-state index in [9.17, 15) is 4.57 Å². The Bertz CT molecular complexity index is 44.9. The van der Waals surface area contributed by atoms with E-state index in [1.165, 1.54) is 0 Å². The molecule has 0 bridgehead atoms. The molecule has 0 saturated carbocycles. The van der Waals surface area contributed by atoms with Gasteiger partial charge in [0.1, 0.15) is 6.66 Å². The molecule has 1 nitrogen and oxygen atoms in total. The highest BCUT2D eigenvalue weighted by Gasteiger charge is 1.95. The first-order valence-electron chi connectivity index (χ1n) is 1.21. The molecule has 0 aliphatic heterocycles. The second-order valence-corrected chi connectivity index (χ2v) is 3.75. The van der Waals surface area contributed by atoms with Gasteiger partial charge in [-0.05, 0) is 15.9 Å². The van der Waals surface area contributed by atoms with Crippen LogP contribution in [-0.4, -0.2) is 11.7 Å². The maximum atomic E-state index is 9.91. The maximum Gasteiger partial charge on any atom is 0.346 e. The minimum absolute atomic E-state index is 0.627. The van der Waals surface area contributed by atoms with E-state index in [1.54, 1.807) is 6.66 Å². The van der Waals surface area contributed by atoms with Gasteiger partial charge in [0.05, 0.1) is 0 Å². The van der Waals surface area contributed by atoms with Crippen LogP contribution in [-0.2, 0) is 4.57 Å². The van der Waals surface area contributed by atoms with Crippen LogP contribution in [0, 0.1) is 0 Å². The number of hydrogen-bond donors (Lipinski definition) is 0. The fourth-order valence-corrected chi connectivity index (χ4v) is 0. The standard InChI is InChI=1S/C2H5BrOP/c1-5(4)2-3/h2H2,1H3/q+1. The maximum absolute atomic E-state index is 9.91. The summed E-state index contributed by atoms with van der Waals surface area (Å²) in [5.41, 5.74) is 0. The minimum Gasteiger partial charge on any atom is -0.0742 e. The normalized spacial score (nSPS) is 11.2. The average molecular weight is 156 g/mol. The van der Waals surface area contributed by atoms with Crippen LogP contribution in [0.2, 0.25) is 0 Å². The smallest absolute Gasteiger partial charge is 0.0742 e. The molecule has 0 aromatic heterocycles.